The average Bonchev–Trinajstić information content (AvgIpc) is 3.30. The van der Waals surface area contributed by atoms with Crippen molar-refractivity contribution < 1.29 is 28.5 Å². The van der Waals surface area contributed by atoms with Crippen LogP contribution in [-0.4, -0.2) is 53.2 Å². The lowest BCUT2D eigenvalue weighted by Crippen LogP contribution is -2.35. The van der Waals surface area contributed by atoms with Gasteiger partial charge in [-0.1, -0.05) is 12.1 Å². The zero-order chi connectivity index (χ0) is 24.7. The predicted molar refractivity (Wildman–Crippen MR) is 122 cm³/mol. The van der Waals surface area contributed by atoms with Gasteiger partial charge in [0.15, 0.2) is 18.1 Å². The fourth-order valence-electron chi connectivity index (χ4n) is 3.30. The van der Waals surface area contributed by atoms with Crippen LogP contribution in [0.1, 0.15) is 24.8 Å². The van der Waals surface area contributed by atoms with Crippen molar-refractivity contribution in [2.24, 2.45) is 0 Å². The Morgan fingerprint density at radius 1 is 1.15 bits per heavy atom. The molecule has 1 amide bonds. The Bertz CT molecular complexity index is 1160. The van der Waals surface area contributed by atoms with E-state index in [1.807, 2.05) is 6.92 Å². The second-order valence-corrected chi connectivity index (χ2v) is 7.39. The number of aryl methyl sites for hydroxylation is 1. The fraction of sp³-hybridized carbons (Fsp3) is 0.348. The molecule has 0 aliphatic rings. The summed E-state index contributed by atoms with van der Waals surface area (Å²) in [5.41, 5.74) is 1.12. The lowest BCUT2D eigenvalue weighted by atomic mass is 10.2. The molecule has 180 valence electrons. The van der Waals surface area contributed by atoms with Crippen LogP contribution in [0.5, 0.6) is 17.2 Å². The Morgan fingerprint density at radius 2 is 1.91 bits per heavy atom. The summed E-state index contributed by atoms with van der Waals surface area (Å²) in [5, 5.41) is 15.0. The molecule has 0 atom stereocenters. The van der Waals surface area contributed by atoms with Crippen LogP contribution in [0, 0.1) is 17.0 Å². The third-order valence-corrected chi connectivity index (χ3v) is 5.01. The number of benzene rings is 2. The third-order valence-electron chi connectivity index (χ3n) is 5.01. The van der Waals surface area contributed by atoms with Gasteiger partial charge in [-0.2, -0.15) is 4.98 Å². The van der Waals surface area contributed by atoms with E-state index < -0.39 is 4.92 Å². The molecule has 1 aromatic heterocycles. The van der Waals surface area contributed by atoms with Crippen LogP contribution in [0.2, 0.25) is 0 Å². The number of hydrogen-bond acceptors (Lipinski definition) is 9. The molecule has 0 aliphatic heterocycles. The van der Waals surface area contributed by atoms with Gasteiger partial charge in [-0.25, -0.2) is 0 Å². The topological polar surface area (TPSA) is 130 Å². The number of nitro benzene ring substituents is 1. The first-order valence-corrected chi connectivity index (χ1v) is 10.6. The Labute approximate surface area is 196 Å². The normalized spacial score (nSPS) is 10.6. The summed E-state index contributed by atoms with van der Waals surface area (Å²) in [6.45, 7) is 3.92. The van der Waals surface area contributed by atoms with Gasteiger partial charge >= 0.3 is 0 Å². The maximum absolute atomic E-state index is 12.8. The standard InChI is InChI=1S/C23H26N4O7/c1-5-10-26(22(28)14-33-17-7-8-18(27(29)30)15(2)11-17)13-21-24-23(25-34-21)16-6-9-19(31-3)20(12-16)32-4/h6-9,11-12H,5,10,13-14H2,1-4H3. The molecule has 11 nitrogen and oxygen atoms in total. The maximum atomic E-state index is 12.8. The summed E-state index contributed by atoms with van der Waals surface area (Å²) in [6.07, 6.45) is 0.721. The zero-order valence-electron chi connectivity index (χ0n) is 19.4. The van der Waals surface area contributed by atoms with Gasteiger partial charge in [0.2, 0.25) is 11.7 Å². The summed E-state index contributed by atoms with van der Waals surface area (Å²) in [7, 11) is 3.09. The summed E-state index contributed by atoms with van der Waals surface area (Å²) in [4.78, 5) is 29.2. The van der Waals surface area contributed by atoms with Crippen LogP contribution in [-0.2, 0) is 11.3 Å². The molecule has 0 saturated heterocycles. The Morgan fingerprint density at radius 3 is 2.56 bits per heavy atom. The molecule has 0 N–H and O–H groups in total. The molecule has 11 heteroatoms. The molecule has 0 radical (unpaired) electrons. The van der Waals surface area contributed by atoms with E-state index in [1.54, 1.807) is 37.1 Å². The van der Waals surface area contributed by atoms with Crippen LogP contribution in [0.15, 0.2) is 40.9 Å². The second kappa shape index (κ2) is 11.1. The first kappa shape index (κ1) is 24.5. The number of nitro groups is 1. The first-order chi connectivity index (χ1) is 16.4. The van der Waals surface area contributed by atoms with Crippen LogP contribution >= 0.6 is 0 Å². The van der Waals surface area contributed by atoms with Gasteiger partial charge in [0, 0.05) is 23.7 Å². The SMILES string of the molecule is CCCN(Cc1nc(-c2ccc(OC)c(OC)c2)no1)C(=O)COc1ccc([N+](=O)[O-])c(C)c1. The molecular formula is C23H26N4O7. The van der Waals surface area contributed by atoms with Crippen molar-refractivity contribution in [3.8, 4) is 28.6 Å². The fourth-order valence-corrected chi connectivity index (χ4v) is 3.30. The number of rotatable bonds is 11. The Kier molecular flexibility index (Phi) is 8.01. The van der Waals surface area contributed by atoms with E-state index in [2.05, 4.69) is 10.1 Å². The number of hydrogen-bond donors (Lipinski definition) is 0. The van der Waals surface area contributed by atoms with Crippen molar-refractivity contribution in [1.29, 1.82) is 0 Å². The van der Waals surface area contributed by atoms with E-state index in [0.29, 0.717) is 40.7 Å². The highest BCUT2D eigenvalue weighted by molar-refractivity contribution is 5.77. The average molecular weight is 470 g/mol. The van der Waals surface area contributed by atoms with Gasteiger partial charge in [0.1, 0.15) is 12.3 Å². The minimum absolute atomic E-state index is 0.00651. The predicted octanol–water partition coefficient (Wildman–Crippen LogP) is 3.79. The molecule has 2 aromatic carbocycles. The van der Waals surface area contributed by atoms with E-state index in [-0.39, 0.29) is 30.6 Å². The molecule has 1 heterocycles. The van der Waals surface area contributed by atoms with Crippen molar-refractivity contribution >= 4 is 11.6 Å². The van der Waals surface area contributed by atoms with Crippen molar-refractivity contribution in [2.75, 3.05) is 27.4 Å². The van der Waals surface area contributed by atoms with E-state index >= 15 is 0 Å². The summed E-state index contributed by atoms with van der Waals surface area (Å²) >= 11 is 0. The number of aromatic nitrogens is 2. The highest BCUT2D eigenvalue weighted by Gasteiger charge is 2.19. The van der Waals surface area contributed by atoms with E-state index in [1.165, 1.54) is 25.3 Å². The highest BCUT2D eigenvalue weighted by Crippen LogP contribution is 2.31. The monoisotopic (exact) mass is 470 g/mol. The molecule has 0 fully saturated rings. The lowest BCUT2D eigenvalue weighted by Gasteiger charge is -2.20. The van der Waals surface area contributed by atoms with Crippen molar-refractivity contribution in [2.45, 2.75) is 26.8 Å². The highest BCUT2D eigenvalue weighted by atomic mass is 16.6. The molecule has 0 saturated carbocycles. The lowest BCUT2D eigenvalue weighted by molar-refractivity contribution is -0.385. The number of carbonyl (C=O) groups excluding carboxylic acids is 1. The molecule has 0 bridgehead atoms. The van der Waals surface area contributed by atoms with Crippen LogP contribution in [0.25, 0.3) is 11.4 Å². The third kappa shape index (κ3) is 5.80. The number of methoxy groups -OCH3 is 2. The van der Waals surface area contributed by atoms with E-state index in [0.717, 1.165) is 6.42 Å². The first-order valence-electron chi connectivity index (χ1n) is 10.6. The molecule has 0 unspecified atom stereocenters. The molecule has 3 rings (SSSR count). The minimum Gasteiger partial charge on any atom is -0.493 e. The van der Waals surface area contributed by atoms with Crippen LogP contribution < -0.4 is 14.2 Å². The Hall–Kier alpha value is -4.15. The molecule has 3 aromatic rings. The van der Waals surface area contributed by atoms with Crippen LogP contribution in [0.3, 0.4) is 0 Å². The van der Waals surface area contributed by atoms with E-state index in [9.17, 15) is 14.9 Å². The van der Waals surface area contributed by atoms with Gasteiger partial charge in [-0.05, 0) is 43.7 Å². The van der Waals surface area contributed by atoms with Gasteiger partial charge in [-0.3, -0.25) is 14.9 Å². The molecular weight excluding hydrogens is 444 g/mol. The van der Waals surface area contributed by atoms with Gasteiger partial charge in [0.25, 0.3) is 11.6 Å². The van der Waals surface area contributed by atoms with Gasteiger partial charge in [-0.15, -0.1) is 0 Å². The summed E-state index contributed by atoms with van der Waals surface area (Å²) in [6, 6.07) is 9.62. The smallest absolute Gasteiger partial charge is 0.272 e. The number of nitrogens with zero attached hydrogens (tertiary/aromatic N) is 4. The number of amides is 1. The summed E-state index contributed by atoms with van der Waals surface area (Å²) in [5.74, 6) is 1.85. The van der Waals surface area contributed by atoms with Gasteiger partial charge < -0.3 is 23.6 Å². The Balaban J connectivity index is 1.67. The molecule has 34 heavy (non-hydrogen) atoms. The largest absolute Gasteiger partial charge is 0.493 e. The molecule has 0 aliphatic carbocycles. The quantitative estimate of drug-likeness (QED) is 0.303. The van der Waals surface area contributed by atoms with Crippen LogP contribution in [0.4, 0.5) is 5.69 Å². The van der Waals surface area contributed by atoms with Crippen molar-refractivity contribution in [1.82, 2.24) is 15.0 Å². The number of ether oxygens (including phenoxy) is 3. The van der Waals surface area contributed by atoms with E-state index in [4.69, 9.17) is 18.7 Å². The number of carbonyl (C=O) groups is 1. The maximum Gasteiger partial charge on any atom is 0.272 e. The van der Waals surface area contributed by atoms with Crippen molar-refractivity contribution in [3.05, 3.63) is 58.0 Å². The van der Waals surface area contributed by atoms with Crippen molar-refractivity contribution in [3.63, 3.8) is 0 Å². The van der Waals surface area contributed by atoms with Gasteiger partial charge in [0.05, 0.1) is 19.1 Å². The zero-order valence-corrected chi connectivity index (χ0v) is 19.4. The second-order valence-electron chi connectivity index (χ2n) is 7.39. The summed E-state index contributed by atoms with van der Waals surface area (Å²) < 4.78 is 21.5. The molecule has 0 spiro atoms. The minimum atomic E-state index is -0.464.